The van der Waals surface area contributed by atoms with E-state index in [4.69, 9.17) is 4.74 Å². The fourth-order valence-corrected chi connectivity index (χ4v) is 7.65. The van der Waals surface area contributed by atoms with Crippen molar-refractivity contribution >= 4 is 54.9 Å². The van der Waals surface area contributed by atoms with E-state index in [1.807, 2.05) is 12.1 Å². The number of nitriles is 1. The van der Waals surface area contributed by atoms with Crippen LogP contribution in [0, 0.1) is 16.7 Å². The monoisotopic (exact) mass is 567 g/mol. The zero-order valence-corrected chi connectivity index (χ0v) is 24.4. The molecule has 1 unspecified atom stereocenters. The summed E-state index contributed by atoms with van der Waals surface area (Å²) < 4.78 is 11.2. The van der Waals surface area contributed by atoms with Gasteiger partial charge in [-0.05, 0) is 77.7 Å². The van der Waals surface area contributed by atoms with Crippen LogP contribution in [0.3, 0.4) is 0 Å². The van der Waals surface area contributed by atoms with E-state index in [1.165, 1.54) is 49.6 Å². The first-order valence-electron chi connectivity index (χ1n) is 15.2. The van der Waals surface area contributed by atoms with Crippen molar-refractivity contribution in [2.24, 2.45) is 5.41 Å². The third-order valence-electron chi connectivity index (χ3n) is 9.65. The third-order valence-corrected chi connectivity index (χ3v) is 9.65. The van der Waals surface area contributed by atoms with Gasteiger partial charge in [-0.15, -0.1) is 0 Å². The van der Waals surface area contributed by atoms with Gasteiger partial charge in [0.15, 0.2) is 0 Å². The second-order valence-electron chi connectivity index (χ2n) is 12.4. The number of fused-ring (bicyclic) bond motifs is 9. The molecule has 0 amide bonds. The van der Waals surface area contributed by atoms with E-state index in [0.717, 1.165) is 28.5 Å². The van der Waals surface area contributed by atoms with Crippen LogP contribution in [0.25, 0.3) is 60.6 Å². The quantitative estimate of drug-likeness (QED) is 0.209. The summed E-state index contributed by atoms with van der Waals surface area (Å²) in [4.78, 5) is 0. The molecule has 0 radical (unpaired) electrons. The summed E-state index contributed by atoms with van der Waals surface area (Å²) in [5.41, 5.74) is 11.4. The van der Waals surface area contributed by atoms with Gasteiger partial charge in [-0.1, -0.05) is 73.7 Å². The Bertz CT molecular complexity index is 2380. The van der Waals surface area contributed by atoms with Gasteiger partial charge in [-0.3, -0.25) is 0 Å². The second-order valence-corrected chi connectivity index (χ2v) is 12.4. The van der Waals surface area contributed by atoms with Gasteiger partial charge >= 0.3 is 0 Å². The highest BCUT2D eigenvalue weighted by Gasteiger charge is 2.37. The molecule has 0 bridgehead atoms. The second kappa shape index (κ2) is 9.31. The molecule has 1 atom stereocenters. The van der Waals surface area contributed by atoms with Crippen molar-refractivity contribution in [1.82, 2.24) is 9.13 Å². The van der Waals surface area contributed by atoms with Crippen LogP contribution in [0.1, 0.15) is 30.0 Å². The Labute approximate surface area is 255 Å². The molecule has 2 aliphatic rings. The van der Waals surface area contributed by atoms with Crippen LogP contribution in [0.15, 0.2) is 121 Å². The van der Waals surface area contributed by atoms with E-state index in [-0.39, 0.29) is 5.41 Å². The molecule has 4 heteroatoms. The minimum Gasteiger partial charge on any atom is -0.376 e. The summed E-state index contributed by atoms with van der Waals surface area (Å²) in [6, 6.07) is 41.1. The van der Waals surface area contributed by atoms with Crippen molar-refractivity contribution in [3.63, 3.8) is 0 Å². The van der Waals surface area contributed by atoms with Gasteiger partial charge in [-0.2, -0.15) is 5.26 Å². The average Bonchev–Trinajstić information content (AvgIpc) is 3.52. The van der Waals surface area contributed by atoms with E-state index >= 15 is 0 Å². The minimum absolute atomic E-state index is 0.209. The molecule has 0 fully saturated rings. The first-order valence-corrected chi connectivity index (χ1v) is 15.2. The highest BCUT2D eigenvalue weighted by Crippen LogP contribution is 2.49. The predicted octanol–water partition coefficient (Wildman–Crippen LogP) is 9.63. The highest BCUT2D eigenvalue weighted by molar-refractivity contribution is 6.11. The summed E-state index contributed by atoms with van der Waals surface area (Å²) in [6.07, 6.45) is 5.46. The van der Waals surface area contributed by atoms with Crippen molar-refractivity contribution in [3.05, 3.63) is 138 Å². The number of hydrogen-bond donors (Lipinski definition) is 0. The van der Waals surface area contributed by atoms with Gasteiger partial charge in [0.1, 0.15) is 0 Å². The van der Waals surface area contributed by atoms with Crippen molar-refractivity contribution in [2.45, 2.75) is 20.0 Å². The largest absolute Gasteiger partial charge is 0.376 e. The molecule has 2 aromatic heterocycles. The highest BCUT2D eigenvalue weighted by atomic mass is 16.5. The molecule has 44 heavy (non-hydrogen) atoms. The molecule has 4 nitrogen and oxygen atoms in total. The minimum atomic E-state index is -0.209. The number of allylic oxidation sites excluding steroid dienone is 3. The van der Waals surface area contributed by atoms with Crippen LogP contribution in [-0.4, -0.2) is 15.7 Å². The molecule has 9 rings (SSSR count). The molecule has 1 aliphatic heterocycles. The molecular formula is C40H29N3O. The summed E-state index contributed by atoms with van der Waals surface area (Å²) in [6.45, 7) is 3.58. The topological polar surface area (TPSA) is 42.9 Å². The maximum absolute atomic E-state index is 9.59. The van der Waals surface area contributed by atoms with E-state index in [9.17, 15) is 5.26 Å². The predicted molar refractivity (Wildman–Crippen MR) is 180 cm³/mol. The lowest BCUT2D eigenvalue weighted by Gasteiger charge is -2.35. The van der Waals surface area contributed by atoms with Gasteiger partial charge in [0.2, 0.25) is 0 Å². The number of benzene rings is 5. The maximum atomic E-state index is 9.59. The summed E-state index contributed by atoms with van der Waals surface area (Å²) in [5.74, 6) is 0. The first-order chi connectivity index (χ1) is 21.6. The molecule has 0 N–H and O–H groups in total. The number of nitrogens with zero attached hydrogens (tertiary/aromatic N) is 3. The lowest BCUT2D eigenvalue weighted by atomic mass is 9.72. The zero-order chi connectivity index (χ0) is 29.4. The molecule has 210 valence electrons. The van der Waals surface area contributed by atoms with Crippen molar-refractivity contribution in [3.8, 4) is 11.8 Å². The van der Waals surface area contributed by atoms with Crippen molar-refractivity contribution in [2.75, 3.05) is 6.61 Å². The third kappa shape index (κ3) is 3.54. The Balaban J connectivity index is 1.24. The molecule has 3 heterocycles. The molecule has 0 spiro atoms. The SMILES string of the molecule is CC12COCc3ccc(-n4c5ccccc5c5ccccc54)cc3C1=CC=C(n1c3ccccc3c3cc(C#N)ccc31)C2. The molecular weight excluding hydrogens is 538 g/mol. The standard InChI is InChI=1S/C40H29N3O/c1-40-22-29(43-38-13-7-4-10-32(38)34-20-26(23-41)14-19-39(34)43)17-18-35(40)33-21-28(16-15-27(33)24-44-25-40)42-36-11-5-2-8-30(36)31-9-3-6-12-37(31)42/h2-21H,22,24-25H2,1H3. The smallest absolute Gasteiger partial charge is 0.0991 e. The van der Waals surface area contributed by atoms with Crippen molar-refractivity contribution in [1.29, 1.82) is 5.26 Å². The van der Waals surface area contributed by atoms with Gasteiger partial charge < -0.3 is 13.9 Å². The molecule has 5 aromatic carbocycles. The fourth-order valence-electron chi connectivity index (χ4n) is 7.65. The average molecular weight is 568 g/mol. The van der Waals surface area contributed by atoms with E-state index in [2.05, 4.69) is 131 Å². The Morgan fingerprint density at radius 3 is 2.02 bits per heavy atom. The summed E-state index contributed by atoms with van der Waals surface area (Å²) >= 11 is 0. The van der Waals surface area contributed by atoms with Crippen LogP contribution in [0.2, 0.25) is 0 Å². The summed E-state index contributed by atoms with van der Waals surface area (Å²) in [7, 11) is 0. The van der Waals surface area contributed by atoms with Crippen LogP contribution < -0.4 is 0 Å². The van der Waals surface area contributed by atoms with Crippen LogP contribution >= 0.6 is 0 Å². The van der Waals surface area contributed by atoms with Gasteiger partial charge in [0.25, 0.3) is 0 Å². The Kier molecular flexibility index (Phi) is 5.32. The molecule has 0 saturated heterocycles. The van der Waals surface area contributed by atoms with Crippen LogP contribution in [0.4, 0.5) is 0 Å². The number of aromatic nitrogens is 2. The number of para-hydroxylation sites is 3. The Hall–Kier alpha value is -5.37. The lowest BCUT2D eigenvalue weighted by Crippen LogP contribution is -2.27. The number of ether oxygens (including phenoxy) is 1. The van der Waals surface area contributed by atoms with Gasteiger partial charge in [0.05, 0.1) is 46.9 Å². The first kappa shape index (κ1) is 25.2. The number of hydrogen-bond acceptors (Lipinski definition) is 2. The van der Waals surface area contributed by atoms with Crippen LogP contribution in [-0.2, 0) is 11.3 Å². The van der Waals surface area contributed by atoms with E-state index in [1.54, 1.807) is 0 Å². The molecule has 7 aromatic rings. The Morgan fingerprint density at radius 2 is 1.32 bits per heavy atom. The lowest BCUT2D eigenvalue weighted by molar-refractivity contribution is 0.0747. The normalized spacial score (nSPS) is 18.1. The zero-order valence-electron chi connectivity index (χ0n) is 24.4. The van der Waals surface area contributed by atoms with Crippen LogP contribution in [0.5, 0.6) is 0 Å². The fraction of sp³-hybridized carbons (Fsp3) is 0.125. The maximum Gasteiger partial charge on any atom is 0.0991 e. The van der Waals surface area contributed by atoms with Gasteiger partial charge in [-0.25, -0.2) is 0 Å². The van der Waals surface area contributed by atoms with Gasteiger partial charge in [0, 0.05) is 38.3 Å². The summed E-state index contributed by atoms with van der Waals surface area (Å²) in [5, 5.41) is 14.4. The molecule has 0 saturated carbocycles. The van der Waals surface area contributed by atoms with Crippen molar-refractivity contribution < 1.29 is 4.74 Å². The Morgan fingerprint density at radius 1 is 0.682 bits per heavy atom. The van der Waals surface area contributed by atoms with E-state index < -0.39 is 0 Å². The van der Waals surface area contributed by atoms with E-state index in [0.29, 0.717) is 18.8 Å². The number of rotatable bonds is 2. The molecule has 1 aliphatic carbocycles.